The minimum atomic E-state index is 0.197. The molecular formula is C12H22BrNO. The Hall–Kier alpha value is -0.0500. The molecule has 0 N–H and O–H groups in total. The van der Waals surface area contributed by atoms with Gasteiger partial charge in [-0.1, -0.05) is 36.7 Å². The third-order valence-corrected chi connectivity index (χ3v) is 4.28. The maximum absolute atomic E-state index is 11.9. The van der Waals surface area contributed by atoms with Gasteiger partial charge in [0.05, 0.1) is 0 Å². The van der Waals surface area contributed by atoms with Crippen molar-refractivity contribution in [1.29, 1.82) is 0 Å². The highest BCUT2D eigenvalue weighted by Crippen LogP contribution is 2.25. The first-order valence-electron chi connectivity index (χ1n) is 5.99. The van der Waals surface area contributed by atoms with Gasteiger partial charge in [-0.15, -0.1) is 0 Å². The van der Waals surface area contributed by atoms with Gasteiger partial charge in [0.1, 0.15) is 0 Å². The van der Waals surface area contributed by atoms with E-state index < -0.39 is 0 Å². The molecule has 15 heavy (non-hydrogen) atoms. The Morgan fingerprint density at radius 3 is 2.33 bits per heavy atom. The summed E-state index contributed by atoms with van der Waals surface area (Å²) in [5.41, 5.74) is 0. The van der Waals surface area contributed by atoms with Crippen molar-refractivity contribution in [2.75, 3.05) is 13.1 Å². The number of piperidine rings is 1. The molecule has 0 aromatic carbocycles. The summed E-state index contributed by atoms with van der Waals surface area (Å²) in [5, 5.41) is 0. The van der Waals surface area contributed by atoms with E-state index in [2.05, 4.69) is 29.8 Å². The first-order chi connectivity index (χ1) is 7.06. The minimum Gasteiger partial charge on any atom is -0.342 e. The summed E-state index contributed by atoms with van der Waals surface area (Å²) >= 11 is 3.63. The zero-order chi connectivity index (χ0) is 11.4. The van der Waals surface area contributed by atoms with E-state index in [0.717, 1.165) is 38.3 Å². The highest BCUT2D eigenvalue weighted by Gasteiger charge is 2.26. The molecule has 1 rings (SSSR count). The first-order valence-corrected chi connectivity index (χ1v) is 6.90. The van der Waals surface area contributed by atoms with Gasteiger partial charge in [-0.2, -0.15) is 0 Å². The molecule has 1 aliphatic rings. The number of hydrogen-bond donors (Lipinski definition) is 0. The standard InChI is InChI=1S/C12H22BrNO/c1-4-9(2)12(15)14-7-5-11(6-8-14)10(3)13/h9-11H,4-8H2,1-3H3. The number of carbonyl (C=O) groups is 1. The van der Waals surface area contributed by atoms with Gasteiger partial charge in [0, 0.05) is 23.8 Å². The van der Waals surface area contributed by atoms with E-state index in [-0.39, 0.29) is 5.92 Å². The van der Waals surface area contributed by atoms with Gasteiger partial charge < -0.3 is 4.90 Å². The van der Waals surface area contributed by atoms with E-state index >= 15 is 0 Å². The molecule has 1 fully saturated rings. The molecule has 1 aliphatic heterocycles. The van der Waals surface area contributed by atoms with Crippen LogP contribution in [0.1, 0.15) is 40.0 Å². The van der Waals surface area contributed by atoms with Crippen molar-refractivity contribution < 1.29 is 4.79 Å². The van der Waals surface area contributed by atoms with Crippen molar-refractivity contribution in [2.24, 2.45) is 11.8 Å². The second-order valence-corrected chi connectivity index (χ2v) is 6.09. The third-order valence-electron chi connectivity index (χ3n) is 3.53. The van der Waals surface area contributed by atoms with Crippen molar-refractivity contribution >= 4 is 21.8 Å². The topological polar surface area (TPSA) is 20.3 Å². The van der Waals surface area contributed by atoms with Crippen LogP contribution in [0.3, 0.4) is 0 Å². The molecule has 0 bridgehead atoms. The molecule has 2 unspecified atom stereocenters. The fraction of sp³-hybridized carbons (Fsp3) is 0.917. The Labute approximate surface area is 102 Å². The fourth-order valence-corrected chi connectivity index (χ4v) is 2.59. The largest absolute Gasteiger partial charge is 0.342 e. The lowest BCUT2D eigenvalue weighted by atomic mass is 9.93. The van der Waals surface area contributed by atoms with E-state index in [9.17, 15) is 4.79 Å². The van der Waals surface area contributed by atoms with Crippen LogP contribution in [0.2, 0.25) is 0 Å². The van der Waals surface area contributed by atoms with E-state index in [1.807, 2.05) is 11.8 Å². The molecule has 1 saturated heterocycles. The van der Waals surface area contributed by atoms with Crippen LogP contribution in [0.4, 0.5) is 0 Å². The van der Waals surface area contributed by atoms with Gasteiger partial charge in [0.15, 0.2) is 0 Å². The lowest BCUT2D eigenvalue weighted by molar-refractivity contribution is -0.136. The Kier molecular flexibility index (Phi) is 5.10. The van der Waals surface area contributed by atoms with Crippen molar-refractivity contribution in [2.45, 2.75) is 44.9 Å². The lowest BCUT2D eigenvalue weighted by Gasteiger charge is -2.34. The number of likely N-dealkylation sites (tertiary alicyclic amines) is 1. The van der Waals surface area contributed by atoms with Crippen molar-refractivity contribution in [1.82, 2.24) is 4.90 Å². The third kappa shape index (κ3) is 3.47. The molecule has 0 radical (unpaired) electrons. The Balaban J connectivity index is 2.40. The van der Waals surface area contributed by atoms with Crippen LogP contribution in [0.5, 0.6) is 0 Å². The van der Waals surface area contributed by atoms with Gasteiger partial charge in [-0.25, -0.2) is 0 Å². The number of carbonyl (C=O) groups excluding carboxylic acids is 1. The first kappa shape index (κ1) is 13.0. The Bertz CT molecular complexity index is 210. The van der Waals surface area contributed by atoms with Gasteiger partial charge in [-0.3, -0.25) is 4.79 Å². The summed E-state index contributed by atoms with van der Waals surface area (Å²) in [4.78, 5) is 14.5. The molecule has 0 aromatic rings. The molecule has 88 valence electrons. The van der Waals surface area contributed by atoms with E-state index in [1.165, 1.54) is 0 Å². The summed E-state index contributed by atoms with van der Waals surface area (Å²) in [7, 11) is 0. The van der Waals surface area contributed by atoms with Crippen LogP contribution in [-0.4, -0.2) is 28.7 Å². The molecule has 1 heterocycles. The number of alkyl halides is 1. The summed E-state index contributed by atoms with van der Waals surface area (Å²) in [6.07, 6.45) is 3.25. The smallest absolute Gasteiger partial charge is 0.225 e. The lowest BCUT2D eigenvalue weighted by Crippen LogP contribution is -2.42. The SMILES string of the molecule is CCC(C)C(=O)N1CCC(C(C)Br)CC1. The average molecular weight is 276 g/mol. The predicted molar refractivity (Wildman–Crippen MR) is 67.1 cm³/mol. The van der Waals surface area contributed by atoms with Crippen LogP contribution in [0, 0.1) is 11.8 Å². The number of halogens is 1. The molecule has 0 saturated carbocycles. The van der Waals surface area contributed by atoms with Gasteiger partial charge in [0.2, 0.25) is 5.91 Å². The molecule has 0 aromatic heterocycles. The molecule has 0 aliphatic carbocycles. The summed E-state index contributed by atoms with van der Waals surface area (Å²) < 4.78 is 0. The van der Waals surface area contributed by atoms with Gasteiger partial charge in [-0.05, 0) is 25.2 Å². The van der Waals surface area contributed by atoms with Crippen LogP contribution in [-0.2, 0) is 4.79 Å². The second-order valence-electron chi connectivity index (χ2n) is 4.65. The number of amides is 1. The Morgan fingerprint density at radius 2 is 1.93 bits per heavy atom. The van der Waals surface area contributed by atoms with Crippen LogP contribution in [0.15, 0.2) is 0 Å². The maximum atomic E-state index is 11.9. The van der Waals surface area contributed by atoms with Crippen molar-refractivity contribution in [3.05, 3.63) is 0 Å². The number of nitrogens with zero attached hydrogens (tertiary/aromatic N) is 1. The summed E-state index contributed by atoms with van der Waals surface area (Å²) in [6.45, 7) is 8.21. The van der Waals surface area contributed by atoms with Crippen LogP contribution in [0.25, 0.3) is 0 Å². The fourth-order valence-electron chi connectivity index (χ4n) is 2.07. The quantitative estimate of drug-likeness (QED) is 0.725. The van der Waals surface area contributed by atoms with E-state index in [4.69, 9.17) is 0 Å². The van der Waals surface area contributed by atoms with Crippen LogP contribution >= 0.6 is 15.9 Å². The van der Waals surface area contributed by atoms with Crippen molar-refractivity contribution in [3.8, 4) is 0 Å². The normalized spacial score (nSPS) is 22.5. The van der Waals surface area contributed by atoms with Gasteiger partial charge >= 0.3 is 0 Å². The van der Waals surface area contributed by atoms with E-state index in [1.54, 1.807) is 0 Å². The number of hydrogen-bond acceptors (Lipinski definition) is 1. The predicted octanol–water partition coefficient (Wildman–Crippen LogP) is 3.05. The van der Waals surface area contributed by atoms with Crippen molar-refractivity contribution in [3.63, 3.8) is 0 Å². The second kappa shape index (κ2) is 5.88. The summed E-state index contributed by atoms with van der Waals surface area (Å²) in [6, 6.07) is 0. The highest BCUT2D eigenvalue weighted by molar-refractivity contribution is 9.09. The maximum Gasteiger partial charge on any atom is 0.225 e. The minimum absolute atomic E-state index is 0.197. The molecule has 2 nitrogen and oxygen atoms in total. The van der Waals surface area contributed by atoms with Gasteiger partial charge in [0.25, 0.3) is 0 Å². The number of rotatable bonds is 3. The monoisotopic (exact) mass is 275 g/mol. The van der Waals surface area contributed by atoms with Crippen LogP contribution < -0.4 is 0 Å². The molecule has 3 heteroatoms. The highest BCUT2D eigenvalue weighted by atomic mass is 79.9. The average Bonchev–Trinajstić information content (AvgIpc) is 2.27. The zero-order valence-electron chi connectivity index (χ0n) is 10.0. The zero-order valence-corrected chi connectivity index (χ0v) is 11.6. The molecule has 1 amide bonds. The van der Waals surface area contributed by atoms with E-state index in [0.29, 0.717) is 10.7 Å². The molecule has 0 spiro atoms. The summed E-state index contributed by atoms with van der Waals surface area (Å²) in [5.74, 6) is 1.28. The molecule has 2 atom stereocenters. The molecular weight excluding hydrogens is 254 g/mol. The Morgan fingerprint density at radius 1 is 1.40 bits per heavy atom.